The van der Waals surface area contributed by atoms with Gasteiger partial charge in [0.2, 0.25) is 6.23 Å². The molecule has 56 heavy (non-hydrogen) atoms. The van der Waals surface area contributed by atoms with E-state index in [0.717, 1.165) is 7.05 Å². The van der Waals surface area contributed by atoms with Gasteiger partial charge in [-0.3, -0.25) is 10.1 Å². The largest absolute Gasteiger partial charge is 0.854 e. The number of alkyl halides is 3. The predicted octanol–water partition coefficient (Wildman–Crippen LogP) is 2.77. The highest BCUT2D eigenvalue weighted by Crippen LogP contribution is 2.41. The van der Waals surface area contributed by atoms with Crippen LogP contribution in [0.25, 0.3) is 0 Å². The molecule has 3 fully saturated rings. The summed E-state index contributed by atoms with van der Waals surface area (Å²) < 4.78 is 84.8. The molecule has 0 bridgehead atoms. The Balaban J connectivity index is 2.18. The second-order valence-electron chi connectivity index (χ2n) is 17.2. The van der Waals surface area contributed by atoms with Crippen LogP contribution in [0.1, 0.15) is 101 Å². The molecule has 0 aliphatic carbocycles. The molecule has 0 aromatic rings. The summed E-state index contributed by atoms with van der Waals surface area (Å²) in [5.41, 5.74) is -4.57. The van der Waals surface area contributed by atoms with Gasteiger partial charge >= 0.3 is 12.1 Å². The first-order valence-electron chi connectivity index (χ1n) is 20.1. The zero-order valence-corrected chi connectivity index (χ0v) is 35.3. The number of methoxy groups -OCH3 is 1. The molecule has 3 aliphatic heterocycles. The number of hydrogen-bond donors (Lipinski definition) is 5. The van der Waals surface area contributed by atoms with Crippen molar-refractivity contribution in [3.63, 3.8) is 0 Å². The Kier molecular flexibility index (Phi) is 17.5. The average Bonchev–Trinajstić information content (AvgIpc) is 3.11. The minimum atomic E-state index is -4.74. The summed E-state index contributed by atoms with van der Waals surface area (Å²) in [4.78, 5) is 14.2. The Morgan fingerprint density at radius 3 is 2.23 bits per heavy atom. The van der Waals surface area contributed by atoms with Gasteiger partial charge in [-0.05, 0) is 99.6 Å². The number of carbonyl (C=O) groups excluding carboxylic acids is 1. The zero-order chi connectivity index (χ0) is 42.6. The molecule has 330 valence electrons. The quantitative estimate of drug-likeness (QED) is 0.160. The molecule has 3 aliphatic rings. The fourth-order valence-electron chi connectivity index (χ4n) is 8.76. The monoisotopic (exact) mass is 815 g/mol. The van der Waals surface area contributed by atoms with Gasteiger partial charge in [-0.2, -0.15) is 13.2 Å². The SMILES string of the molecule is CC[C@H]1OC(=O)[C@H](C)[C@@H](O[C@H]2C[C@@](C)(OC)C(C[O-])[C@H](C)O2)[C@H](C)[C@@H](O[C@@H]2O[C@H](C)CC[C@H]2OC(NC)C(F)(F)F)[C@](C)(O)C[C@@H](C)CN[C@H](C)[C@@H](O)[C@]1(C)O. The van der Waals surface area contributed by atoms with E-state index in [1.54, 1.807) is 55.4 Å². The van der Waals surface area contributed by atoms with Crippen molar-refractivity contribution >= 4 is 5.97 Å². The first kappa shape index (κ1) is 49.1. The summed E-state index contributed by atoms with van der Waals surface area (Å²) in [7, 11) is 2.63. The molecule has 17 heteroatoms. The molecule has 3 heterocycles. The van der Waals surface area contributed by atoms with Crippen LogP contribution in [0, 0.1) is 23.7 Å². The van der Waals surface area contributed by atoms with E-state index in [-0.39, 0.29) is 38.1 Å². The number of aliphatic hydroxyl groups excluding tert-OH is 1. The lowest BCUT2D eigenvalue weighted by Gasteiger charge is -2.50. The fraction of sp³-hybridized carbons (Fsp3) is 0.974. The third-order valence-corrected chi connectivity index (χ3v) is 12.3. The number of halogens is 3. The number of ether oxygens (including phenoxy) is 7. The van der Waals surface area contributed by atoms with Crippen LogP contribution in [0.15, 0.2) is 0 Å². The van der Waals surface area contributed by atoms with E-state index in [0.29, 0.717) is 6.42 Å². The van der Waals surface area contributed by atoms with Crippen LogP contribution in [0.3, 0.4) is 0 Å². The molecule has 5 N–H and O–H groups in total. The van der Waals surface area contributed by atoms with Crippen molar-refractivity contribution in [1.29, 1.82) is 0 Å². The maximum absolute atomic E-state index is 14.2. The summed E-state index contributed by atoms with van der Waals surface area (Å²) in [5, 5.41) is 53.0. The molecule has 0 spiro atoms. The topological polar surface area (TPSA) is 189 Å². The highest BCUT2D eigenvalue weighted by Gasteiger charge is 2.52. The maximum Gasteiger partial charge on any atom is 0.428 e. The molecule has 3 rings (SSSR count). The summed E-state index contributed by atoms with van der Waals surface area (Å²) in [6.07, 6.45) is -15.7. The number of rotatable bonds is 10. The first-order valence-corrected chi connectivity index (χ1v) is 20.1. The van der Waals surface area contributed by atoms with E-state index in [4.69, 9.17) is 33.2 Å². The van der Waals surface area contributed by atoms with Gasteiger partial charge in [-0.15, -0.1) is 6.61 Å². The Morgan fingerprint density at radius 1 is 1.04 bits per heavy atom. The van der Waals surface area contributed by atoms with Crippen molar-refractivity contribution in [3.05, 3.63) is 0 Å². The minimum Gasteiger partial charge on any atom is -0.854 e. The summed E-state index contributed by atoms with van der Waals surface area (Å²) in [5.74, 6) is -3.64. The third-order valence-electron chi connectivity index (χ3n) is 12.3. The van der Waals surface area contributed by atoms with Crippen molar-refractivity contribution in [2.75, 3.05) is 27.3 Å². The molecule has 0 aromatic heterocycles. The number of aliphatic hydroxyl groups is 3. The Bertz CT molecular complexity index is 1230. The van der Waals surface area contributed by atoms with E-state index in [1.165, 1.54) is 14.0 Å². The standard InChI is InChI=1S/C39H70F3N2O12/c1-13-28-38(10,49)31(46)24(6)44-18-20(2)16-36(8,48)32(56-34-27(15-14-21(3)51-34)53-35(43-11)39(40,41)42)22(4)30(23(5)33(47)54-28)55-29-17-37(9,50-12)26(19-45)25(7)52-29/h20-32,34-35,43-44,46,48-49H,13-19H2,1-12H3/q-1/t20-,21-,22+,23-,24-,25+,26?,27-,28-,29+,30+,31-,32-,34+,35?,36-,37-,38-/m1/s1. The summed E-state index contributed by atoms with van der Waals surface area (Å²) in [6.45, 7) is 16.6. The lowest BCUT2D eigenvalue weighted by atomic mass is 9.77. The van der Waals surface area contributed by atoms with E-state index >= 15 is 0 Å². The number of nitrogens with one attached hydrogen (secondary N) is 2. The number of carbonyl (C=O) groups is 1. The Morgan fingerprint density at radius 2 is 1.68 bits per heavy atom. The van der Waals surface area contributed by atoms with E-state index in [9.17, 15) is 38.4 Å². The van der Waals surface area contributed by atoms with Crippen LogP contribution in [-0.2, 0) is 38.0 Å². The summed E-state index contributed by atoms with van der Waals surface area (Å²) >= 11 is 0. The van der Waals surface area contributed by atoms with Crippen molar-refractivity contribution < 1.29 is 71.5 Å². The van der Waals surface area contributed by atoms with E-state index < -0.39 is 121 Å². The van der Waals surface area contributed by atoms with Crippen LogP contribution in [0.4, 0.5) is 13.2 Å². The molecular weight excluding hydrogens is 745 g/mol. The van der Waals surface area contributed by atoms with Crippen LogP contribution in [0.5, 0.6) is 0 Å². The van der Waals surface area contributed by atoms with Crippen molar-refractivity contribution in [1.82, 2.24) is 10.6 Å². The van der Waals surface area contributed by atoms with Crippen molar-refractivity contribution in [3.8, 4) is 0 Å². The second-order valence-corrected chi connectivity index (χ2v) is 17.2. The Hall–Kier alpha value is -1.22. The maximum atomic E-state index is 14.2. The third kappa shape index (κ3) is 11.7. The molecule has 0 aromatic carbocycles. The van der Waals surface area contributed by atoms with Gasteiger partial charge in [0.25, 0.3) is 0 Å². The molecule has 3 saturated heterocycles. The van der Waals surface area contributed by atoms with Gasteiger partial charge in [-0.1, -0.05) is 20.8 Å². The molecular formula is C39H70F3N2O12-. The van der Waals surface area contributed by atoms with Gasteiger partial charge in [0.05, 0.1) is 41.5 Å². The first-order chi connectivity index (χ1) is 25.9. The smallest absolute Gasteiger partial charge is 0.428 e. The Labute approximate surface area is 330 Å². The van der Waals surface area contributed by atoms with Gasteiger partial charge in [0.1, 0.15) is 23.9 Å². The van der Waals surface area contributed by atoms with Gasteiger partial charge in [-0.25, -0.2) is 0 Å². The molecule has 0 amide bonds. The predicted molar refractivity (Wildman–Crippen MR) is 197 cm³/mol. The van der Waals surface area contributed by atoms with Crippen molar-refractivity contribution in [2.45, 2.75) is 192 Å². The molecule has 14 nitrogen and oxygen atoms in total. The number of cyclic esters (lactones) is 1. The number of hydrogen-bond acceptors (Lipinski definition) is 14. The van der Waals surface area contributed by atoms with Gasteiger partial charge in [0.15, 0.2) is 12.6 Å². The van der Waals surface area contributed by atoms with Crippen LogP contribution in [-0.4, -0.2) is 139 Å². The molecule has 18 atom stereocenters. The van der Waals surface area contributed by atoms with Crippen LogP contribution < -0.4 is 15.7 Å². The lowest BCUT2D eigenvalue weighted by Crippen LogP contribution is -2.59. The molecule has 2 unspecified atom stereocenters. The van der Waals surface area contributed by atoms with Gasteiger partial charge in [0, 0.05) is 25.5 Å². The minimum absolute atomic E-state index is 0.0801. The average molecular weight is 816 g/mol. The molecule has 0 saturated carbocycles. The van der Waals surface area contributed by atoms with Gasteiger partial charge < -0.3 is 58.9 Å². The molecule has 0 radical (unpaired) electrons. The van der Waals surface area contributed by atoms with Crippen LogP contribution >= 0.6 is 0 Å². The van der Waals surface area contributed by atoms with E-state index in [1.807, 2.05) is 6.92 Å². The normalized spacial score (nSPS) is 46.0. The van der Waals surface area contributed by atoms with E-state index in [2.05, 4.69) is 10.6 Å². The number of esters is 1. The van der Waals surface area contributed by atoms with Crippen molar-refractivity contribution in [2.24, 2.45) is 23.7 Å². The van der Waals surface area contributed by atoms with Crippen LogP contribution in [0.2, 0.25) is 0 Å². The fourth-order valence-corrected chi connectivity index (χ4v) is 8.76. The second kappa shape index (κ2) is 19.9. The summed E-state index contributed by atoms with van der Waals surface area (Å²) in [6, 6.07) is -0.669. The highest BCUT2D eigenvalue weighted by molar-refractivity contribution is 5.73. The lowest BCUT2D eigenvalue weighted by molar-refractivity contribution is -0.406. The highest BCUT2D eigenvalue weighted by atomic mass is 19.4. The zero-order valence-electron chi connectivity index (χ0n) is 35.3.